The van der Waals surface area contributed by atoms with E-state index in [-0.39, 0.29) is 12.2 Å². The maximum atomic E-state index is 12.0. The molecule has 1 N–H and O–H groups in total. The van der Waals surface area contributed by atoms with E-state index >= 15 is 0 Å². The van der Waals surface area contributed by atoms with Crippen molar-refractivity contribution >= 4 is 17.7 Å². The third kappa shape index (κ3) is 5.73. The van der Waals surface area contributed by atoms with Crippen molar-refractivity contribution in [2.45, 2.75) is 26.4 Å². The van der Waals surface area contributed by atoms with Crippen LogP contribution in [0.5, 0.6) is 0 Å². The second-order valence-electron chi connectivity index (χ2n) is 7.07. The Morgan fingerprint density at radius 1 is 1.26 bits per heavy atom. The molecule has 0 atom stereocenters. The van der Waals surface area contributed by atoms with Crippen molar-refractivity contribution in [1.29, 1.82) is 5.26 Å². The maximum absolute atomic E-state index is 12.0. The Hall–Kier alpha value is -3.04. The normalized spacial score (nSPS) is 11.8. The van der Waals surface area contributed by atoms with Crippen molar-refractivity contribution in [1.82, 2.24) is 0 Å². The van der Waals surface area contributed by atoms with E-state index in [1.54, 1.807) is 32.9 Å². The first-order valence-electron chi connectivity index (χ1n) is 8.61. The summed E-state index contributed by atoms with van der Waals surface area (Å²) in [7, 11) is 1.90. The van der Waals surface area contributed by atoms with Crippen LogP contribution in [0, 0.1) is 11.3 Å². The smallest absolute Gasteiger partial charge is 0.349 e. The third-order valence-electron chi connectivity index (χ3n) is 3.68. The van der Waals surface area contributed by atoms with Crippen LogP contribution >= 0.6 is 0 Å². The van der Waals surface area contributed by atoms with Crippen molar-refractivity contribution < 1.29 is 19.1 Å². The van der Waals surface area contributed by atoms with E-state index in [9.17, 15) is 10.1 Å². The molecule has 1 heterocycles. The van der Waals surface area contributed by atoms with Gasteiger partial charge in [-0.2, -0.15) is 5.26 Å². The minimum Gasteiger partial charge on any atom is -0.457 e. The molecule has 6 nitrogen and oxygen atoms in total. The van der Waals surface area contributed by atoms with E-state index < -0.39 is 11.6 Å². The van der Waals surface area contributed by atoms with Gasteiger partial charge >= 0.3 is 5.97 Å². The van der Waals surface area contributed by atoms with Gasteiger partial charge in [0.25, 0.3) is 0 Å². The molecule has 0 aliphatic rings. The molecule has 27 heavy (non-hydrogen) atoms. The molecule has 2 aromatic rings. The average molecular weight is 368 g/mol. The highest BCUT2D eigenvalue weighted by Crippen LogP contribution is 2.26. The van der Waals surface area contributed by atoms with Gasteiger partial charge in [0, 0.05) is 30.9 Å². The fourth-order valence-corrected chi connectivity index (χ4v) is 2.36. The molecule has 142 valence electrons. The lowest BCUT2D eigenvalue weighted by molar-refractivity contribution is -0.149. The predicted octanol–water partition coefficient (Wildman–Crippen LogP) is 3.62. The highest BCUT2D eigenvalue weighted by Gasteiger charge is 2.20. The fourth-order valence-electron chi connectivity index (χ4n) is 2.36. The molecule has 0 bridgehead atoms. The van der Waals surface area contributed by atoms with E-state index in [4.69, 9.17) is 14.3 Å². The summed E-state index contributed by atoms with van der Waals surface area (Å²) in [6, 6.07) is 13.0. The third-order valence-corrected chi connectivity index (χ3v) is 3.68. The Morgan fingerprint density at radius 2 is 1.93 bits per heavy atom. The quantitative estimate of drug-likeness (QED) is 0.476. The van der Waals surface area contributed by atoms with E-state index in [1.807, 2.05) is 42.3 Å². The number of esters is 1. The predicted molar refractivity (Wildman–Crippen MR) is 104 cm³/mol. The Kier molecular flexibility index (Phi) is 6.43. The molecule has 0 fully saturated rings. The number of benzene rings is 1. The summed E-state index contributed by atoms with van der Waals surface area (Å²) in [6.45, 7) is 5.87. The van der Waals surface area contributed by atoms with Gasteiger partial charge in [-0.15, -0.1) is 0 Å². The van der Waals surface area contributed by atoms with Gasteiger partial charge in [-0.25, -0.2) is 4.79 Å². The van der Waals surface area contributed by atoms with Crippen LogP contribution in [0.15, 0.2) is 46.4 Å². The molecule has 2 rings (SSSR count). The number of nitriles is 1. The molecule has 1 aromatic carbocycles. The minimum absolute atomic E-state index is 0.0883. The summed E-state index contributed by atoms with van der Waals surface area (Å²) < 4.78 is 11.0. The number of aliphatic hydroxyl groups is 1. The lowest BCUT2D eigenvalue weighted by Crippen LogP contribution is -2.24. The average Bonchev–Trinajstić information content (AvgIpc) is 3.07. The zero-order valence-electron chi connectivity index (χ0n) is 16.0. The largest absolute Gasteiger partial charge is 0.457 e. The molecule has 6 heteroatoms. The Bertz CT molecular complexity index is 852. The molecule has 1 aromatic heterocycles. The van der Waals surface area contributed by atoms with E-state index in [1.165, 1.54) is 6.08 Å². The number of hydrogen-bond acceptors (Lipinski definition) is 6. The second-order valence-corrected chi connectivity index (χ2v) is 7.07. The van der Waals surface area contributed by atoms with Gasteiger partial charge in [-0.1, -0.05) is 0 Å². The molecule has 0 amide bonds. The number of ether oxygens (including phenoxy) is 1. The van der Waals surface area contributed by atoms with Crippen molar-refractivity contribution in [3.8, 4) is 17.4 Å². The minimum atomic E-state index is -0.681. The number of furan rings is 1. The van der Waals surface area contributed by atoms with Gasteiger partial charge in [0.2, 0.25) is 0 Å². The van der Waals surface area contributed by atoms with Crippen LogP contribution in [0.3, 0.4) is 0 Å². The summed E-state index contributed by atoms with van der Waals surface area (Å²) in [5.74, 6) is 0.340. The van der Waals surface area contributed by atoms with Gasteiger partial charge in [-0.3, -0.25) is 0 Å². The number of carbonyl (C=O) groups is 1. The van der Waals surface area contributed by atoms with Crippen LogP contribution in [0.25, 0.3) is 17.4 Å². The zero-order chi connectivity index (χ0) is 20.0. The SMILES string of the molecule is CN(CCO)c1ccc(-c2ccc(/C=C(\C#N)C(=O)OC(C)(C)C)o2)cc1. The summed E-state index contributed by atoms with van der Waals surface area (Å²) in [4.78, 5) is 14.0. The molecule has 0 saturated heterocycles. The number of aliphatic hydroxyl groups excluding tert-OH is 1. The summed E-state index contributed by atoms with van der Waals surface area (Å²) in [5.41, 5.74) is 1.06. The van der Waals surface area contributed by atoms with Crippen LogP contribution in [0.4, 0.5) is 5.69 Å². The number of carbonyl (C=O) groups excluding carboxylic acids is 1. The van der Waals surface area contributed by atoms with Gasteiger partial charge < -0.3 is 19.2 Å². The summed E-state index contributed by atoms with van der Waals surface area (Å²) >= 11 is 0. The van der Waals surface area contributed by atoms with E-state index in [0.29, 0.717) is 18.1 Å². The van der Waals surface area contributed by atoms with Crippen molar-refractivity contribution in [2.75, 3.05) is 25.1 Å². The lowest BCUT2D eigenvalue weighted by Gasteiger charge is -2.18. The van der Waals surface area contributed by atoms with Crippen LogP contribution in [0.1, 0.15) is 26.5 Å². The fraction of sp³-hybridized carbons (Fsp3) is 0.333. The standard InChI is InChI=1S/C21H24N2O4/c1-21(2,3)27-20(25)16(14-22)13-18-9-10-19(26-18)15-5-7-17(8-6-15)23(4)11-12-24/h5-10,13,24H,11-12H2,1-4H3/b16-13+. The molecule has 0 aliphatic heterocycles. The highest BCUT2D eigenvalue weighted by atomic mass is 16.6. The van der Waals surface area contributed by atoms with Crippen molar-refractivity contribution in [3.63, 3.8) is 0 Å². The second kappa shape index (κ2) is 8.56. The maximum Gasteiger partial charge on any atom is 0.349 e. The molecular weight excluding hydrogens is 344 g/mol. The van der Waals surface area contributed by atoms with Crippen LogP contribution in [-0.4, -0.2) is 36.9 Å². The Labute approximate surface area is 159 Å². The van der Waals surface area contributed by atoms with E-state index in [0.717, 1.165) is 11.3 Å². The molecule has 0 spiro atoms. The number of rotatable bonds is 6. The number of hydrogen-bond donors (Lipinski definition) is 1. The van der Waals surface area contributed by atoms with E-state index in [2.05, 4.69) is 0 Å². The summed E-state index contributed by atoms with van der Waals surface area (Å²) in [6.07, 6.45) is 1.38. The monoisotopic (exact) mass is 368 g/mol. The first kappa shape index (κ1) is 20.3. The van der Waals surface area contributed by atoms with Gasteiger partial charge in [0.15, 0.2) is 0 Å². The van der Waals surface area contributed by atoms with Crippen molar-refractivity contribution in [3.05, 3.63) is 47.7 Å². The molecule has 0 saturated carbocycles. The summed E-state index contributed by atoms with van der Waals surface area (Å²) in [5, 5.41) is 18.2. The lowest BCUT2D eigenvalue weighted by atomic mass is 10.1. The highest BCUT2D eigenvalue weighted by molar-refractivity contribution is 5.97. The van der Waals surface area contributed by atoms with Gasteiger partial charge in [0.05, 0.1) is 6.61 Å². The van der Waals surface area contributed by atoms with Crippen molar-refractivity contribution in [2.24, 2.45) is 0 Å². The Balaban J connectivity index is 2.18. The zero-order valence-corrected chi connectivity index (χ0v) is 16.0. The van der Waals surface area contributed by atoms with Crippen LogP contribution in [0.2, 0.25) is 0 Å². The van der Waals surface area contributed by atoms with Crippen LogP contribution < -0.4 is 4.90 Å². The Morgan fingerprint density at radius 3 is 2.48 bits per heavy atom. The molecule has 0 unspecified atom stereocenters. The number of nitrogens with zero attached hydrogens (tertiary/aromatic N) is 2. The first-order chi connectivity index (χ1) is 12.7. The van der Waals surface area contributed by atoms with Crippen LogP contribution in [-0.2, 0) is 9.53 Å². The van der Waals surface area contributed by atoms with Gasteiger partial charge in [0.1, 0.15) is 28.8 Å². The molecular formula is C21H24N2O4. The molecule has 0 aliphatic carbocycles. The number of anilines is 1. The topological polar surface area (TPSA) is 86.7 Å². The first-order valence-corrected chi connectivity index (χ1v) is 8.61. The number of likely N-dealkylation sites (N-methyl/N-ethyl adjacent to an activating group) is 1. The van der Waals surface area contributed by atoms with Gasteiger partial charge in [-0.05, 0) is 57.2 Å². The molecule has 0 radical (unpaired) electrons.